The molecule has 0 aliphatic carbocycles. The van der Waals surface area contributed by atoms with Gasteiger partial charge in [0.15, 0.2) is 0 Å². The van der Waals surface area contributed by atoms with Crippen LogP contribution in [0.3, 0.4) is 0 Å². The number of aromatic nitrogens is 2. The van der Waals surface area contributed by atoms with Crippen LogP contribution in [0.5, 0.6) is 0 Å². The van der Waals surface area contributed by atoms with Crippen LogP contribution < -0.4 is 11.3 Å². The lowest BCUT2D eigenvalue weighted by molar-refractivity contribution is 0.0653. The highest BCUT2D eigenvalue weighted by Crippen LogP contribution is 2.24. The highest BCUT2D eigenvalue weighted by atomic mass is 35.5. The molecule has 0 saturated heterocycles. The molecule has 0 amide bonds. The Morgan fingerprint density at radius 3 is 2.70 bits per heavy atom. The Bertz CT molecular complexity index is 376. The van der Waals surface area contributed by atoms with Crippen LogP contribution in [-0.2, 0) is 20.8 Å². The minimum absolute atomic E-state index is 0.121. The van der Waals surface area contributed by atoms with E-state index in [1.165, 1.54) is 0 Å². The van der Waals surface area contributed by atoms with Gasteiger partial charge in [0.1, 0.15) is 0 Å². The molecule has 1 rings (SSSR count). The smallest absolute Gasteiger partial charge is 0.0834 e. The lowest BCUT2D eigenvalue weighted by Gasteiger charge is -2.18. The van der Waals surface area contributed by atoms with Crippen molar-refractivity contribution in [3.05, 3.63) is 16.9 Å². The zero-order chi connectivity index (χ0) is 14.8. The molecule has 3 N–H and O–H groups in total. The average Bonchev–Trinajstić information content (AvgIpc) is 2.82. The van der Waals surface area contributed by atoms with Crippen LogP contribution in [-0.4, -0.2) is 50.4 Å². The lowest BCUT2D eigenvalue weighted by Crippen LogP contribution is -2.31. The Morgan fingerprint density at radius 2 is 2.05 bits per heavy atom. The number of nitrogens with two attached hydrogens (primary N) is 1. The minimum Gasteiger partial charge on any atom is -0.383 e. The van der Waals surface area contributed by atoms with Gasteiger partial charge in [-0.1, -0.05) is 11.6 Å². The van der Waals surface area contributed by atoms with Gasteiger partial charge in [-0.15, -0.1) is 0 Å². The summed E-state index contributed by atoms with van der Waals surface area (Å²) in [4.78, 5) is 0. The van der Waals surface area contributed by atoms with Crippen molar-refractivity contribution in [2.45, 2.75) is 19.0 Å². The highest BCUT2D eigenvalue weighted by Gasteiger charge is 2.19. The van der Waals surface area contributed by atoms with Gasteiger partial charge < -0.3 is 14.2 Å². The maximum absolute atomic E-state index is 6.18. The number of hydrogen-bond donors (Lipinski definition) is 2. The zero-order valence-electron chi connectivity index (χ0n) is 12.0. The van der Waals surface area contributed by atoms with Crippen LogP contribution in [0.2, 0.25) is 5.02 Å². The molecule has 1 aromatic heterocycles. The van der Waals surface area contributed by atoms with Crippen molar-refractivity contribution in [1.82, 2.24) is 15.2 Å². The third-order valence-electron chi connectivity index (χ3n) is 2.85. The van der Waals surface area contributed by atoms with E-state index in [4.69, 9.17) is 31.7 Å². The number of ether oxygens (including phenoxy) is 3. The van der Waals surface area contributed by atoms with Crippen molar-refractivity contribution in [3.63, 3.8) is 0 Å². The van der Waals surface area contributed by atoms with Gasteiger partial charge >= 0.3 is 0 Å². The third-order valence-corrected chi connectivity index (χ3v) is 3.15. The van der Waals surface area contributed by atoms with Crippen LogP contribution in [0.1, 0.15) is 18.2 Å². The number of methoxy groups -OCH3 is 2. The molecular weight excluding hydrogens is 284 g/mol. The molecule has 1 unspecified atom stereocenters. The predicted octanol–water partition coefficient (Wildman–Crippen LogP) is 0.740. The van der Waals surface area contributed by atoms with Crippen LogP contribution in [0.25, 0.3) is 0 Å². The molecule has 1 aromatic rings. The van der Waals surface area contributed by atoms with Gasteiger partial charge in [0, 0.05) is 20.8 Å². The first-order valence-corrected chi connectivity index (χ1v) is 6.85. The van der Waals surface area contributed by atoms with Crippen LogP contribution in [0, 0.1) is 0 Å². The van der Waals surface area contributed by atoms with E-state index in [1.54, 1.807) is 25.1 Å². The number of rotatable bonds is 11. The molecule has 0 bridgehead atoms. The minimum atomic E-state index is -0.121. The average molecular weight is 307 g/mol. The second-order valence-electron chi connectivity index (χ2n) is 4.21. The quantitative estimate of drug-likeness (QED) is 0.356. The van der Waals surface area contributed by atoms with E-state index in [-0.39, 0.29) is 6.04 Å². The summed E-state index contributed by atoms with van der Waals surface area (Å²) in [6.45, 7) is 2.88. The summed E-state index contributed by atoms with van der Waals surface area (Å²) in [6.07, 6.45) is 2.31. The first-order valence-electron chi connectivity index (χ1n) is 6.47. The Labute approximate surface area is 124 Å². The maximum atomic E-state index is 6.18. The van der Waals surface area contributed by atoms with E-state index in [1.807, 2.05) is 0 Å². The summed E-state index contributed by atoms with van der Waals surface area (Å²) in [5, 5.41) is 4.81. The van der Waals surface area contributed by atoms with Crippen molar-refractivity contribution >= 4 is 11.6 Å². The van der Waals surface area contributed by atoms with E-state index in [2.05, 4.69) is 10.5 Å². The van der Waals surface area contributed by atoms with Crippen molar-refractivity contribution in [1.29, 1.82) is 0 Å². The largest absolute Gasteiger partial charge is 0.383 e. The molecule has 116 valence electrons. The summed E-state index contributed by atoms with van der Waals surface area (Å²) in [7, 11) is 3.29. The van der Waals surface area contributed by atoms with Gasteiger partial charge in [-0.05, 0) is 6.42 Å². The molecular formula is C12H23ClN4O3. The summed E-state index contributed by atoms with van der Waals surface area (Å²) in [6, 6.07) is -0.121. The molecule has 0 spiro atoms. The fourth-order valence-electron chi connectivity index (χ4n) is 1.82. The molecule has 7 nitrogen and oxygen atoms in total. The maximum Gasteiger partial charge on any atom is 0.0834 e. The lowest BCUT2D eigenvalue weighted by atomic mass is 10.1. The van der Waals surface area contributed by atoms with E-state index >= 15 is 0 Å². The molecule has 8 heteroatoms. The number of hydrogen-bond acceptors (Lipinski definition) is 6. The van der Waals surface area contributed by atoms with Crippen LogP contribution in [0.15, 0.2) is 6.20 Å². The second kappa shape index (κ2) is 10.1. The van der Waals surface area contributed by atoms with Gasteiger partial charge in [0.25, 0.3) is 0 Å². The van der Waals surface area contributed by atoms with Crippen molar-refractivity contribution in [3.8, 4) is 0 Å². The normalized spacial score (nSPS) is 12.8. The number of hydrazine groups is 1. The van der Waals surface area contributed by atoms with E-state index in [0.717, 1.165) is 5.69 Å². The molecule has 0 radical (unpaired) electrons. The first-order chi connectivity index (χ1) is 9.74. The molecule has 0 aliphatic heterocycles. The zero-order valence-corrected chi connectivity index (χ0v) is 12.7. The third kappa shape index (κ3) is 5.35. The van der Waals surface area contributed by atoms with Gasteiger partial charge in [0.2, 0.25) is 0 Å². The van der Waals surface area contributed by atoms with E-state index < -0.39 is 0 Å². The molecule has 20 heavy (non-hydrogen) atoms. The van der Waals surface area contributed by atoms with Crippen molar-refractivity contribution in [2.24, 2.45) is 5.84 Å². The van der Waals surface area contributed by atoms with Gasteiger partial charge in [-0.2, -0.15) is 5.10 Å². The summed E-state index contributed by atoms with van der Waals surface area (Å²) >= 11 is 6.18. The van der Waals surface area contributed by atoms with Gasteiger partial charge in [-0.25, -0.2) is 0 Å². The first kappa shape index (κ1) is 17.4. The van der Waals surface area contributed by atoms with Crippen LogP contribution in [0.4, 0.5) is 0 Å². The summed E-state index contributed by atoms with van der Waals surface area (Å²) < 4.78 is 17.2. The fourth-order valence-corrected chi connectivity index (χ4v) is 2.09. The van der Waals surface area contributed by atoms with Gasteiger partial charge in [0.05, 0.1) is 49.3 Å². The monoisotopic (exact) mass is 306 g/mol. The SMILES string of the molecule is COCCOCCC(NN)c1c(Cl)cnn1CCOC. The highest BCUT2D eigenvalue weighted by molar-refractivity contribution is 6.31. The molecule has 0 saturated carbocycles. The van der Waals surface area contributed by atoms with Crippen LogP contribution >= 0.6 is 11.6 Å². The fraction of sp³-hybridized carbons (Fsp3) is 0.750. The second-order valence-corrected chi connectivity index (χ2v) is 4.61. The van der Waals surface area contributed by atoms with Crippen molar-refractivity contribution < 1.29 is 14.2 Å². The van der Waals surface area contributed by atoms with E-state index in [0.29, 0.717) is 44.4 Å². The Hall–Kier alpha value is -0.700. The molecule has 1 atom stereocenters. The number of halogens is 1. The van der Waals surface area contributed by atoms with Gasteiger partial charge in [-0.3, -0.25) is 16.0 Å². The molecule has 0 fully saturated rings. The predicted molar refractivity (Wildman–Crippen MR) is 76.5 cm³/mol. The molecule has 0 aromatic carbocycles. The Morgan fingerprint density at radius 1 is 1.30 bits per heavy atom. The molecule has 1 heterocycles. The topological polar surface area (TPSA) is 83.6 Å². The summed E-state index contributed by atoms with van der Waals surface area (Å²) in [5.74, 6) is 5.61. The molecule has 0 aliphatic rings. The Kier molecular flexibility index (Phi) is 8.75. The summed E-state index contributed by atoms with van der Waals surface area (Å²) in [5.41, 5.74) is 3.60. The number of nitrogens with one attached hydrogen (secondary N) is 1. The standard InChI is InChI=1S/C12H23ClN4O3/c1-18-6-4-17-12(10(13)9-15-17)11(16-14)3-5-20-8-7-19-2/h9,11,16H,3-8,14H2,1-2H3. The number of nitrogens with zero attached hydrogens (tertiary/aromatic N) is 2. The van der Waals surface area contributed by atoms with Crippen molar-refractivity contribution in [2.75, 3.05) is 40.6 Å². The van der Waals surface area contributed by atoms with E-state index in [9.17, 15) is 0 Å². The Balaban J connectivity index is 2.57.